The number of nitrogens with zero attached hydrogens (tertiary/aromatic N) is 4. The molecule has 0 spiro atoms. The molecule has 4 nitrogen and oxygen atoms in total. The smallest absolute Gasteiger partial charge is 0.0638 e. The Balaban J connectivity index is 1.00. The summed E-state index contributed by atoms with van der Waals surface area (Å²) in [6.45, 7) is 9.54. The monoisotopic (exact) mass is 910 g/mol. The Morgan fingerprint density at radius 1 is 0.394 bits per heavy atom. The minimum absolute atomic E-state index is 0.136. The molecule has 338 valence electrons. The van der Waals surface area contributed by atoms with Gasteiger partial charge in [-0.15, -0.1) is 0 Å². The summed E-state index contributed by atoms with van der Waals surface area (Å²) in [7, 11) is 0. The maximum Gasteiger partial charge on any atom is 0.0638 e. The lowest BCUT2D eigenvalue weighted by atomic mass is 9.81. The lowest BCUT2D eigenvalue weighted by Gasteiger charge is -2.28. The highest BCUT2D eigenvalue weighted by molar-refractivity contribution is 6.22. The predicted molar refractivity (Wildman–Crippen MR) is 296 cm³/mol. The van der Waals surface area contributed by atoms with Gasteiger partial charge in [-0.05, 0) is 135 Å². The highest BCUT2D eigenvalue weighted by Gasteiger charge is 2.42. The molecule has 0 unspecified atom stereocenters. The molecule has 9 aromatic carbocycles. The van der Waals surface area contributed by atoms with Crippen LogP contribution in [0.4, 0.5) is 17.1 Å². The van der Waals surface area contributed by atoms with Crippen molar-refractivity contribution >= 4 is 49.8 Å². The summed E-state index contributed by atoms with van der Waals surface area (Å²) in [6, 6.07) is 80.7. The van der Waals surface area contributed by atoms with Crippen LogP contribution >= 0.6 is 0 Å². The summed E-state index contributed by atoms with van der Waals surface area (Å²) in [5.41, 5.74) is 24.1. The van der Waals surface area contributed by atoms with Gasteiger partial charge in [0.15, 0.2) is 0 Å². The number of aromatic nitrogens is 3. The molecule has 0 fully saturated rings. The number of fused-ring (bicyclic) bond motifs is 12. The van der Waals surface area contributed by atoms with E-state index in [-0.39, 0.29) is 10.8 Å². The Kier molecular flexibility index (Phi) is 8.94. The van der Waals surface area contributed by atoms with Gasteiger partial charge < -0.3 is 14.0 Å². The minimum atomic E-state index is -0.257. The average molecular weight is 911 g/mol. The summed E-state index contributed by atoms with van der Waals surface area (Å²) < 4.78 is 5.05. The van der Waals surface area contributed by atoms with E-state index in [4.69, 9.17) is 0 Å². The van der Waals surface area contributed by atoms with Gasteiger partial charge in [0.25, 0.3) is 0 Å². The molecule has 3 heterocycles. The van der Waals surface area contributed by atoms with Crippen LogP contribution in [0, 0.1) is 0 Å². The second kappa shape index (κ2) is 15.4. The van der Waals surface area contributed by atoms with Crippen molar-refractivity contribution in [1.82, 2.24) is 14.1 Å². The lowest BCUT2D eigenvalue weighted by Crippen LogP contribution is -2.16. The minimum Gasteiger partial charge on any atom is -0.310 e. The standard InChI is InChI=1S/C67H50N4/c1-66(2)57-23-13-11-21-52(57)53-35-34-51(41-59(53)66)69(48-28-25-44(26-29-48)43-16-7-5-8-17-43)49-30-32-50(33-31-49)70-60-37-27-45(46-18-15-39-68-42-46)40-56(60)54-36-38-61-62(64(54)70)63-65(71(61)47-19-9-6-10-20-47)55-22-12-14-24-58(55)67(63,3)4/h5-42H,1-4H3. The number of rotatable bonds is 7. The third-order valence-corrected chi connectivity index (χ3v) is 15.8. The zero-order valence-corrected chi connectivity index (χ0v) is 40.2. The van der Waals surface area contributed by atoms with E-state index in [1.807, 2.05) is 18.5 Å². The molecule has 0 bridgehead atoms. The van der Waals surface area contributed by atoms with Crippen LogP contribution in [-0.2, 0) is 10.8 Å². The summed E-state index contributed by atoms with van der Waals surface area (Å²) in [4.78, 5) is 6.93. The molecule has 2 aliphatic carbocycles. The SMILES string of the molecule is CC1(C)c2ccccc2-c2ccc(N(c3ccc(-c4ccccc4)cc3)c3ccc(-n4c5ccc(-c6cccnc6)cc5c5ccc6c(c7c(n6-c6ccccc6)-c6ccccc6C7(C)C)c54)cc3)cc21. The van der Waals surface area contributed by atoms with E-state index < -0.39 is 0 Å². The Hall–Kier alpha value is -8.73. The molecule has 12 aromatic rings. The molecule has 0 saturated heterocycles. The van der Waals surface area contributed by atoms with Crippen molar-refractivity contribution < 1.29 is 0 Å². The molecule has 0 N–H and O–H groups in total. The average Bonchev–Trinajstić information content (AvgIpc) is 4.09. The summed E-state index contributed by atoms with van der Waals surface area (Å²) in [5, 5.41) is 3.72. The molecule has 0 aliphatic heterocycles. The van der Waals surface area contributed by atoms with E-state index in [2.05, 4.69) is 259 Å². The number of benzene rings is 9. The third-order valence-electron chi connectivity index (χ3n) is 15.8. The van der Waals surface area contributed by atoms with Crippen LogP contribution in [0.15, 0.2) is 231 Å². The van der Waals surface area contributed by atoms with Gasteiger partial charge in [-0.3, -0.25) is 4.98 Å². The first-order chi connectivity index (χ1) is 34.8. The number of pyridine rings is 1. The van der Waals surface area contributed by atoms with Gasteiger partial charge in [0, 0.05) is 78.9 Å². The second-order valence-electron chi connectivity index (χ2n) is 20.4. The highest BCUT2D eigenvalue weighted by Crippen LogP contribution is 2.56. The molecule has 71 heavy (non-hydrogen) atoms. The topological polar surface area (TPSA) is 26.0 Å². The number of para-hydroxylation sites is 1. The maximum atomic E-state index is 4.51. The largest absolute Gasteiger partial charge is 0.310 e. The number of hydrogen-bond acceptors (Lipinski definition) is 2. The molecule has 14 rings (SSSR count). The van der Waals surface area contributed by atoms with Crippen LogP contribution in [-0.4, -0.2) is 14.1 Å². The van der Waals surface area contributed by atoms with Crippen LogP contribution in [0.1, 0.15) is 49.9 Å². The van der Waals surface area contributed by atoms with E-state index in [9.17, 15) is 0 Å². The zero-order chi connectivity index (χ0) is 47.6. The molecule has 0 amide bonds. The van der Waals surface area contributed by atoms with E-state index in [0.717, 1.165) is 45.1 Å². The molecule has 3 aromatic heterocycles. The highest BCUT2D eigenvalue weighted by atomic mass is 15.1. The Morgan fingerprint density at radius 2 is 0.972 bits per heavy atom. The second-order valence-corrected chi connectivity index (χ2v) is 20.4. The first-order valence-corrected chi connectivity index (χ1v) is 24.8. The predicted octanol–water partition coefficient (Wildman–Crippen LogP) is 17.5. The Morgan fingerprint density at radius 3 is 1.70 bits per heavy atom. The van der Waals surface area contributed by atoms with Gasteiger partial charge >= 0.3 is 0 Å². The molecule has 2 aliphatic rings. The first kappa shape index (κ1) is 41.3. The molecular formula is C67H50N4. The van der Waals surface area contributed by atoms with Crippen molar-refractivity contribution in [1.29, 1.82) is 0 Å². The fraction of sp³-hybridized carbons (Fsp3) is 0.0896. The van der Waals surface area contributed by atoms with Crippen LogP contribution in [0.5, 0.6) is 0 Å². The first-order valence-electron chi connectivity index (χ1n) is 24.8. The summed E-state index contributed by atoms with van der Waals surface area (Å²) in [6.07, 6.45) is 3.81. The molecular weight excluding hydrogens is 861 g/mol. The number of anilines is 3. The third kappa shape index (κ3) is 6.07. The van der Waals surface area contributed by atoms with E-state index in [1.165, 1.54) is 83.0 Å². The van der Waals surface area contributed by atoms with Crippen molar-refractivity contribution in [3.05, 3.63) is 253 Å². The van der Waals surface area contributed by atoms with Gasteiger partial charge in [-0.1, -0.05) is 161 Å². The quantitative estimate of drug-likeness (QED) is 0.159. The Bertz CT molecular complexity index is 4060. The van der Waals surface area contributed by atoms with Crippen LogP contribution < -0.4 is 4.90 Å². The lowest BCUT2D eigenvalue weighted by molar-refractivity contribution is 0.660. The van der Waals surface area contributed by atoms with Crippen molar-refractivity contribution in [2.45, 2.75) is 38.5 Å². The molecule has 0 radical (unpaired) electrons. The summed E-state index contributed by atoms with van der Waals surface area (Å²) in [5.74, 6) is 0. The van der Waals surface area contributed by atoms with Gasteiger partial charge in [0.2, 0.25) is 0 Å². The number of hydrogen-bond donors (Lipinski definition) is 0. The van der Waals surface area contributed by atoms with Crippen molar-refractivity contribution in [3.63, 3.8) is 0 Å². The molecule has 4 heteroatoms. The van der Waals surface area contributed by atoms with Gasteiger partial charge in [-0.2, -0.15) is 0 Å². The van der Waals surface area contributed by atoms with Crippen molar-refractivity contribution in [2.24, 2.45) is 0 Å². The van der Waals surface area contributed by atoms with Crippen LogP contribution in [0.3, 0.4) is 0 Å². The zero-order valence-electron chi connectivity index (χ0n) is 40.2. The van der Waals surface area contributed by atoms with Crippen molar-refractivity contribution in [2.75, 3.05) is 4.90 Å². The normalized spacial score (nSPS) is 13.9. The van der Waals surface area contributed by atoms with Crippen LogP contribution in [0.25, 0.3) is 88.7 Å². The van der Waals surface area contributed by atoms with Gasteiger partial charge in [-0.25, -0.2) is 0 Å². The summed E-state index contributed by atoms with van der Waals surface area (Å²) >= 11 is 0. The van der Waals surface area contributed by atoms with Gasteiger partial charge in [0.1, 0.15) is 0 Å². The van der Waals surface area contributed by atoms with Gasteiger partial charge in [0.05, 0.1) is 22.2 Å². The Labute approximate surface area is 414 Å². The molecule has 0 atom stereocenters. The van der Waals surface area contributed by atoms with E-state index >= 15 is 0 Å². The fourth-order valence-corrected chi connectivity index (χ4v) is 12.4. The van der Waals surface area contributed by atoms with E-state index in [1.54, 1.807) is 0 Å². The molecule has 0 saturated carbocycles. The van der Waals surface area contributed by atoms with Crippen LogP contribution in [0.2, 0.25) is 0 Å². The maximum absolute atomic E-state index is 4.51. The fourth-order valence-electron chi connectivity index (χ4n) is 12.4. The van der Waals surface area contributed by atoms with Crippen molar-refractivity contribution in [3.8, 4) is 56.0 Å². The van der Waals surface area contributed by atoms with E-state index in [0.29, 0.717) is 0 Å².